The van der Waals surface area contributed by atoms with Gasteiger partial charge in [0.2, 0.25) is 0 Å². The van der Waals surface area contributed by atoms with Crippen LogP contribution in [-0.2, 0) is 4.79 Å². The van der Waals surface area contributed by atoms with E-state index in [0.29, 0.717) is 25.1 Å². The van der Waals surface area contributed by atoms with Crippen molar-refractivity contribution in [2.24, 2.45) is 0 Å². The molecule has 1 N–H and O–H groups in total. The number of carboxylic acids is 1. The Morgan fingerprint density at radius 3 is 2.83 bits per heavy atom. The summed E-state index contributed by atoms with van der Waals surface area (Å²) in [6.07, 6.45) is 3.19. The molecule has 1 unspecified atom stereocenters. The molecule has 1 aliphatic rings. The molecule has 0 aliphatic carbocycles. The molecule has 0 radical (unpaired) electrons. The zero-order valence-electron chi connectivity index (χ0n) is 10.3. The van der Waals surface area contributed by atoms with Crippen molar-refractivity contribution in [1.82, 2.24) is 9.88 Å². The Balaban J connectivity index is 2.33. The van der Waals surface area contributed by atoms with E-state index < -0.39 is 11.5 Å². The lowest BCUT2D eigenvalue weighted by atomic mass is 9.93. The number of amides is 1. The maximum Gasteiger partial charge on any atom is 0.329 e. The molecule has 5 nitrogen and oxygen atoms in total. The number of likely N-dealkylation sites (tertiary alicyclic amines) is 1. The second kappa shape index (κ2) is 4.76. The highest BCUT2D eigenvalue weighted by molar-refractivity contribution is 5.96. The van der Waals surface area contributed by atoms with Crippen molar-refractivity contribution >= 4 is 11.9 Å². The molecule has 5 heteroatoms. The van der Waals surface area contributed by atoms with Crippen LogP contribution < -0.4 is 0 Å². The van der Waals surface area contributed by atoms with Gasteiger partial charge in [-0.25, -0.2) is 4.79 Å². The van der Waals surface area contributed by atoms with Gasteiger partial charge in [-0.1, -0.05) is 13.0 Å². The van der Waals surface area contributed by atoms with Gasteiger partial charge in [-0.15, -0.1) is 0 Å². The number of carbonyl (C=O) groups excluding carboxylic acids is 1. The molecule has 1 aliphatic heterocycles. The number of aliphatic carboxylic acids is 1. The molecule has 0 saturated carbocycles. The zero-order chi connectivity index (χ0) is 13.2. The lowest BCUT2D eigenvalue weighted by Gasteiger charge is -2.33. The van der Waals surface area contributed by atoms with Gasteiger partial charge in [-0.2, -0.15) is 0 Å². The van der Waals surface area contributed by atoms with Crippen molar-refractivity contribution in [2.45, 2.75) is 31.7 Å². The van der Waals surface area contributed by atoms with E-state index in [-0.39, 0.29) is 5.91 Å². The van der Waals surface area contributed by atoms with E-state index in [0.717, 1.165) is 6.42 Å². The van der Waals surface area contributed by atoms with Crippen molar-refractivity contribution in [3.63, 3.8) is 0 Å². The van der Waals surface area contributed by atoms with Crippen LogP contribution in [0, 0.1) is 0 Å². The lowest BCUT2D eigenvalue weighted by molar-refractivity contribution is -0.148. The van der Waals surface area contributed by atoms with E-state index in [1.54, 1.807) is 25.1 Å². The highest BCUT2D eigenvalue weighted by Crippen LogP contribution is 2.33. The predicted molar refractivity (Wildman–Crippen MR) is 65.2 cm³/mol. The molecule has 2 heterocycles. The van der Waals surface area contributed by atoms with Gasteiger partial charge >= 0.3 is 5.97 Å². The number of aromatic nitrogens is 1. The normalized spacial score (nSPS) is 23.1. The van der Waals surface area contributed by atoms with Crippen LogP contribution in [0.1, 0.15) is 36.7 Å². The molecule has 1 aromatic rings. The molecule has 2 rings (SSSR count). The first-order valence-corrected chi connectivity index (χ1v) is 6.08. The highest BCUT2D eigenvalue weighted by Gasteiger charge is 2.48. The predicted octanol–water partition coefficient (Wildman–Crippen LogP) is 1.55. The smallest absolute Gasteiger partial charge is 0.329 e. The van der Waals surface area contributed by atoms with Crippen LogP contribution in [0.5, 0.6) is 0 Å². The van der Waals surface area contributed by atoms with Crippen LogP contribution in [0.2, 0.25) is 0 Å². The summed E-state index contributed by atoms with van der Waals surface area (Å²) in [6, 6.07) is 5.07. The first-order valence-electron chi connectivity index (χ1n) is 6.08. The maximum atomic E-state index is 12.3. The van der Waals surface area contributed by atoms with Crippen molar-refractivity contribution in [3.8, 4) is 0 Å². The minimum Gasteiger partial charge on any atom is -0.479 e. The number of hydrogen-bond donors (Lipinski definition) is 1. The van der Waals surface area contributed by atoms with Gasteiger partial charge in [0, 0.05) is 12.7 Å². The Morgan fingerprint density at radius 1 is 1.50 bits per heavy atom. The van der Waals surface area contributed by atoms with Crippen molar-refractivity contribution in [3.05, 3.63) is 30.1 Å². The van der Waals surface area contributed by atoms with Gasteiger partial charge in [-0.05, 0) is 31.4 Å². The summed E-state index contributed by atoms with van der Waals surface area (Å²) in [4.78, 5) is 29.3. The topological polar surface area (TPSA) is 70.5 Å². The Morgan fingerprint density at radius 2 is 2.28 bits per heavy atom. The molecule has 1 aromatic heterocycles. The summed E-state index contributed by atoms with van der Waals surface area (Å²) < 4.78 is 0. The Hall–Kier alpha value is -1.91. The number of carboxylic acid groups (broad SMARTS) is 1. The summed E-state index contributed by atoms with van der Waals surface area (Å²) in [5.74, 6) is -1.22. The summed E-state index contributed by atoms with van der Waals surface area (Å²) in [5, 5.41) is 9.42. The van der Waals surface area contributed by atoms with Crippen LogP contribution in [0.25, 0.3) is 0 Å². The number of pyridine rings is 1. The van der Waals surface area contributed by atoms with Crippen LogP contribution >= 0.6 is 0 Å². The molecule has 1 amide bonds. The Bertz CT molecular complexity index is 461. The third kappa shape index (κ3) is 1.85. The van der Waals surface area contributed by atoms with E-state index in [4.69, 9.17) is 0 Å². The zero-order valence-corrected chi connectivity index (χ0v) is 10.3. The van der Waals surface area contributed by atoms with Gasteiger partial charge in [0.1, 0.15) is 11.2 Å². The summed E-state index contributed by atoms with van der Waals surface area (Å²) in [7, 11) is 0. The second-order valence-corrected chi connectivity index (χ2v) is 4.47. The number of carbonyl (C=O) groups is 2. The molecule has 1 atom stereocenters. The molecule has 18 heavy (non-hydrogen) atoms. The van der Waals surface area contributed by atoms with Gasteiger partial charge in [0.15, 0.2) is 0 Å². The third-order valence-electron chi connectivity index (χ3n) is 3.60. The number of hydrogen-bond acceptors (Lipinski definition) is 3. The molecule has 0 spiro atoms. The molecular weight excluding hydrogens is 232 g/mol. The molecule has 0 aromatic carbocycles. The highest BCUT2D eigenvalue weighted by atomic mass is 16.4. The van der Waals surface area contributed by atoms with Gasteiger partial charge < -0.3 is 10.0 Å². The number of nitrogens with zero attached hydrogens (tertiary/aromatic N) is 2. The van der Waals surface area contributed by atoms with Crippen molar-refractivity contribution in [2.75, 3.05) is 6.54 Å². The van der Waals surface area contributed by atoms with E-state index in [1.807, 2.05) is 0 Å². The average Bonchev–Trinajstić information content (AvgIpc) is 2.84. The summed E-state index contributed by atoms with van der Waals surface area (Å²) in [6.45, 7) is 2.29. The van der Waals surface area contributed by atoms with E-state index >= 15 is 0 Å². The fraction of sp³-hybridized carbons (Fsp3) is 0.462. The van der Waals surface area contributed by atoms with Crippen LogP contribution in [-0.4, -0.2) is 39.0 Å². The third-order valence-corrected chi connectivity index (χ3v) is 3.60. The van der Waals surface area contributed by atoms with Crippen molar-refractivity contribution < 1.29 is 14.7 Å². The largest absolute Gasteiger partial charge is 0.479 e. The quantitative estimate of drug-likeness (QED) is 0.881. The van der Waals surface area contributed by atoms with Crippen LogP contribution in [0.15, 0.2) is 24.4 Å². The van der Waals surface area contributed by atoms with Crippen LogP contribution in [0.4, 0.5) is 0 Å². The standard InChI is InChI=1S/C13H16N2O3/c1-2-13(12(17)18)7-5-9-15(13)11(16)10-6-3-4-8-14-10/h3-4,6,8H,2,5,7,9H2,1H3,(H,17,18). The SMILES string of the molecule is CCC1(C(=O)O)CCCN1C(=O)c1ccccn1. The maximum absolute atomic E-state index is 12.3. The second-order valence-electron chi connectivity index (χ2n) is 4.47. The Labute approximate surface area is 105 Å². The molecule has 96 valence electrons. The monoisotopic (exact) mass is 248 g/mol. The minimum atomic E-state index is -1.06. The first kappa shape index (κ1) is 12.5. The van der Waals surface area contributed by atoms with Crippen LogP contribution in [0.3, 0.4) is 0 Å². The first-order chi connectivity index (χ1) is 8.62. The molecular formula is C13H16N2O3. The number of rotatable bonds is 3. The lowest BCUT2D eigenvalue weighted by Crippen LogP contribution is -2.52. The summed E-state index contributed by atoms with van der Waals surface area (Å²) >= 11 is 0. The van der Waals surface area contributed by atoms with E-state index in [9.17, 15) is 14.7 Å². The fourth-order valence-electron chi connectivity index (χ4n) is 2.54. The van der Waals surface area contributed by atoms with E-state index in [2.05, 4.69) is 4.98 Å². The summed E-state index contributed by atoms with van der Waals surface area (Å²) in [5.41, 5.74) is -0.757. The van der Waals surface area contributed by atoms with E-state index in [1.165, 1.54) is 11.1 Å². The van der Waals surface area contributed by atoms with Crippen molar-refractivity contribution in [1.29, 1.82) is 0 Å². The minimum absolute atomic E-state index is 0.294. The van der Waals surface area contributed by atoms with Gasteiger partial charge in [0.05, 0.1) is 0 Å². The average molecular weight is 248 g/mol. The molecule has 1 fully saturated rings. The molecule has 1 saturated heterocycles. The fourth-order valence-corrected chi connectivity index (χ4v) is 2.54. The van der Waals surface area contributed by atoms with Gasteiger partial charge in [-0.3, -0.25) is 9.78 Å². The molecule has 0 bridgehead atoms. The van der Waals surface area contributed by atoms with Gasteiger partial charge in [0.25, 0.3) is 5.91 Å². The Kier molecular flexibility index (Phi) is 3.32.